The minimum Gasteiger partial charge on any atom is -0.324 e. The van der Waals surface area contributed by atoms with Crippen LogP contribution in [-0.4, -0.2) is 37.1 Å². The third-order valence-corrected chi connectivity index (χ3v) is 4.44. The number of aryl methyl sites for hydroxylation is 1. The van der Waals surface area contributed by atoms with E-state index in [0.29, 0.717) is 5.41 Å². The molecule has 0 aliphatic carbocycles. The third-order valence-electron chi connectivity index (χ3n) is 4.44. The van der Waals surface area contributed by atoms with Crippen molar-refractivity contribution in [2.45, 2.75) is 19.8 Å². The molecule has 1 atom stereocenters. The van der Waals surface area contributed by atoms with Crippen LogP contribution in [0.2, 0.25) is 0 Å². The van der Waals surface area contributed by atoms with Gasteiger partial charge >= 0.3 is 6.03 Å². The van der Waals surface area contributed by atoms with E-state index in [0.717, 1.165) is 43.9 Å². The molecule has 2 aliphatic heterocycles. The van der Waals surface area contributed by atoms with Gasteiger partial charge in [0.2, 0.25) is 0 Å². The molecule has 0 aromatic heterocycles. The van der Waals surface area contributed by atoms with Crippen LogP contribution in [-0.2, 0) is 0 Å². The van der Waals surface area contributed by atoms with Crippen LogP contribution >= 0.6 is 0 Å². The average molecular weight is 259 g/mol. The van der Waals surface area contributed by atoms with Crippen molar-refractivity contribution in [1.82, 2.24) is 10.2 Å². The van der Waals surface area contributed by atoms with E-state index >= 15 is 0 Å². The van der Waals surface area contributed by atoms with Crippen molar-refractivity contribution in [2.24, 2.45) is 5.41 Å². The molecule has 4 nitrogen and oxygen atoms in total. The van der Waals surface area contributed by atoms with Gasteiger partial charge in [-0.05, 0) is 37.9 Å². The summed E-state index contributed by atoms with van der Waals surface area (Å²) in [7, 11) is 0. The maximum atomic E-state index is 12.3. The van der Waals surface area contributed by atoms with E-state index in [4.69, 9.17) is 0 Å². The molecule has 1 spiro atoms. The molecule has 3 rings (SSSR count). The summed E-state index contributed by atoms with van der Waals surface area (Å²) in [5.74, 6) is 0. The van der Waals surface area contributed by atoms with Crippen molar-refractivity contribution in [3.05, 3.63) is 29.8 Å². The minimum absolute atomic E-state index is 0.0399. The van der Waals surface area contributed by atoms with Gasteiger partial charge in [0.15, 0.2) is 0 Å². The topological polar surface area (TPSA) is 44.4 Å². The van der Waals surface area contributed by atoms with Gasteiger partial charge in [0.25, 0.3) is 0 Å². The molecule has 2 aliphatic rings. The summed E-state index contributed by atoms with van der Waals surface area (Å²) >= 11 is 0. The first-order chi connectivity index (χ1) is 9.19. The molecule has 2 fully saturated rings. The summed E-state index contributed by atoms with van der Waals surface area (Å²) < 4.78 is 0. The predicted molar refractivity (Wildman–Crippen MR) is 76.3 cm³/mol. The smallest absolute Gasteiger partial charge is 0.321 e. The Hall–Kier alpha value is -1.55. The molecule has 2 heterocycles. The second-order valence-corrected chi connectivity index (χ2v) is 5.84. The molecular weight excluding hydrogens is 238 g/mol. The number of urea groups is 1. The second-order valence-electron chi connectivity index (χ2n) is 5.84. The summed E-state index contributed by atoms with van der Waals surface area (Å²) in [6.07, 6.45) is 2.32. The number of carbonyl (C=O) groups excluding carboxylic acids is 1. The summed E-state index contributed by atoms with van der Waals surface area (Å²) in [6, 6.07) is 7.95. The summed E-state index contributed by atoms with van der Waals surface area (Å²) in [5.41, 5.74) is 2.36. The highest BCUT2D eigenvalue weighted by atomic mass is 16.2. The first-order valence-corrected chi connectivity index (χ1v) is 7.01. The van der Waals surface area contributed by atoms with Gasteiger partial charge in [0.05, 0.1) is 0 Å². The van der Waals surface area contributed by atoms with Gasteiger partial charge in [-0.1, -0.05) is 18.2 Å². The molecule has 1 aromatic carbocycles. The fourth-order valence-electron chi connectivity index (χ4n) is 3.16. The molecule has 102 valence electrons. The van der Waals surface area contributed by atoms with Crippen LogP contribution in [0.15, 0.2) is 24.3 Å². The molecule has 4 heteroatoms. The fraction of sp³-hybridized carbons (Fsp3) is 0.533. The summed E-state index contributed by atoms with van der Waals surface area (Å²) in [5, 5.41) is 6.44. The van der Waals surface area contributed by atoms with Gasteiger partial charge in [-0.25, -0.2) is 4.79 Å². The van der Waals surface area contributed by atoms with E-state index in [1.807, 2.05) is 36.1 Å². The highest BCUT2D eigenvalue weighted by Gasteiger charge is 2.41. The van der Waals surface area contributed by atoms with Crippen molar-refractivity contribution in [3.8, 4) is 0 Å². The van der Waals surface area contributed by atoms with Crippen molar-refractivity contribution in [1.29, 1.82) is 0 Å². The number of amides is 2. The normalized spacial score (nSPS) is 26.1. The lowest BCUT2D eigenvalue weighted by Gasteiger charge is -2.23. The monoisotopic (exact) mass is 259 g/mol. The molecule has 2 saturated heterocycles. The van der Waals surface area contributed by atoms with E-state index in [9.17, 15) is 4.79 Å². The molecule has 19 heavy (non-hydrogen) atoms. The van der Waals surface area contributed by atoms with Gasteiger partial charge in [-0.2, -0.15) is 0 Å². The number of likely N-dealkylation sites (tertiary alicyclic amines) is 1. The van der Waals surface area contributed by atoms with E-state index in [1.54, 1.807) is 0 Å². The van der Waals surface area contributed by atoms with Crippen LogP contribution in [0.3, 0.4) is 0 Å². The van der Waals surface area contributed by atoms with Crippen LogP contribution in [0.5, 0.6) is 0 Å². The fourth-order valence-corrected chi connectivity index (χ4v) is 3.16. The Balaban J connectivity index is 1.64. The van der Waals surface area contributed by atoms with Crippen LogP contribution in [0, 0.1) is 12.3 Å². The molecule has 2 amide bonds. The highest BCUT2D eigenvalue weighted by molar-refractivity contribution is 5.90. The zero-order valence-electron chi connectivity index (χ0n) is 11.4. The number of benzene rings is 1. The number of nitrogens with zero attached hydrogens (tertiary/aromatic N) is 1. The van der Waals surface area contributed by atoms with Crippen molar-refractivity contribution in [3.63, 3.8) is 0 Å². The lowest BCUT2D eigenvalue weighted by atomic mass is 9.87. The lowest BCUT2D eigenvalue weighted by molar-refractivity contribution is 0.215. The Morgan fingerprint density at radius 2 is 2.21 bits per heavy atom. The molecule has 1 aromatic rings. The minimum atomic E-state index is 0.0399. The molecule has 2 N–H and O–H groups in total. The Kier molecular flexibility index (Phi) is 3.19. The number of hydrogen-bond donors (Lipinski definition) is 2. The Labute approximate surface area is 114 Å². The SMILES string of the molecule is Cc1ccccc1NC(=O)N1CCC2(CCNC2)C1. The highest BCUT2D eigenvalue weighted by Crippen LogP contribution is 2.36. The predicted octanol–water partition coefficient (Wildman–Crippen LogP) is 2.21. The van der Waals surface area contributed by atoms with E-state index in [2.05, 4.69) is 10.6 Å². The van der Waals surface area contributed by atoms with Crippen molar-refractivity contribution >= 4 is 11.7 Å². The standard InChI is InChI=1S/C15H21N3O/c1-12-4-2-3-5-13(12)17-14(19)18-9-7-15(11-18)6-8-16-10-15/h2-5,16H,6-11H2,1H3,(H,17,19). The first kappa shape index (κ1) is 12.5. The van der Waals surface area contributed by atoms with Crippen molar-refractivity contribution < 1.29 is 4.79 Å². The van der Waals surface area contributed by atoms with Gasteiger partial charge in [0, 0.05) is 30.7 Å². The molecular formula is C15H21N3O. The second kappa shape index (κ2) is 4.85. The molecule has 1 unspecified atom stereocenters. The zero-order chi connectivity index (χ0) is 13.3. The summed E-state index contributed by atoms with van der Waals surface area (Å²) in [6.45, 7) is 5.92. The maximum absolute atomic E-state index is 12.3. The number of hydrogen-bond acceptors (Lipinski definition) is 2. The number of para-hydroxylation sites is 1. The average Bonchev–Trinajstić information content (AvgIpc) is 3.03. The lowest BCUT2D eigenvalue weighted by Crippen LogP contribution is -2.36. The first-order valence-electron chi connectivity index (χ1n) is 7.01. The molecule has 0 radical (unpaired) electrons. The summed E-state index contributed by atoms with van der Waals surface area (Å²) in [4.78, 5) is 14.3. The Bertz CT molecular complexity index is 480. The van der Waals surface area contributed by atoms with Gasteiger partial charge in [-0.15, -0.1) is 0 Å². The quantitative estimate of drug-likeness (QED) is 0.812. The number of rotatable bonds is 1. The van der Waals surface area contributed by atoms with Gasteiger partial charge < -0.3 is 15.5 Å². The number of nitrogens with one attached hydrogen (secondary N) is 2. The van der Waals surface area contributed by atoms with Crippen LogP contribution in [0.1, 0.15) is 18.4 Å². The van der Waals surface area contributed by atoms with E-state index < -0.39 is 0 Å². The third kappa shape index (κ3) is 2.45. The van der Waals surface area contributed by atoms with Crippen LogP contribution in [0.25, 0.3) is 0 Å². The van der Waals surface area contributed by atoms with Crippen molar-refractivity contribution in [2.75, 3.05) is 31.5 Å². The van der Waals surface area contributed by atoms with E-state index in [-0.39, 0.29) is 6.03 Å². The molecule has 0 saturated carbocycles. The number of carbonyl (C=O) groups is 1. The van der Waals surface area contributed by atoms with Gasteiger partial charge in [0.1, 0.15) is 0 Å². The Morgan fingerprint density at radius 3 is 2.95 bits per heavy atom. The molecule has 0 bridgehead atoms. The Morgan fingerprint density at radius 1 is 1.37 bits per heavy atom. The van der Waals surface area contributed by atoms with E-state index in [1.165, 1.54) is 6.42 Å². The van der Waals surface area contributed by atoms with Crippen LogP contribution < -0.4 is 10.6 Å². The number of anilines is 1. The zero-order valence-corrected chi connectivity index (χ0v) is 11.4. The van der Waals surface area contributed by atoms with Gasteiger partial charge in [-0.3, -0.25) is 0 Å². The van der Waals surface area contributed by atoms with Crippen LogP contribution in [0.4, 0.5) is 10.5 Å². The largest absolute Gasteiger partial charge is 0.324 e. The maximum Gasteiger partial charge on any atom is 0.321 e.